The van der Waals surface area contributed by atoms with Crippen molar-refractivity contribution in [3.63, 3.8) is 0 Å². The van der Waals surface area contributed by atoms with E-state index in [-0.39, 0.29) is 5.91 Å². The molecule has 0 radical (unpaired) electrons. The van der Waals surface area contributed by atoms with E-state index in [1.807, 2.05) is 4.90 Å². The van der Waals surface area contributed by atoms with Crippen LogP contribution in [0.3, 0.4) is 0 Å². The number of hydrogen-bond acceptors (Lipinski definition) is 3. The molecule has 1 amide bonds. The molecule has 162 valence electrons. The molecule has 1 aromatic carbocycles. The molecule has 1 fully saturated rings. The number of anilines is 1. The highest BCUT2D eigenvalue weighted by Crippen LogP contribution is 2.48. The summed E-state index contributed by atoms with van der Waals surface area (Å²) in [6.45, 7) is 8.30. The molecule has 0 saturated carbocycles. The zero-order chi connectivity index (χ0) is 20.7. The summed E-state index contributed by atoms with van der Waals surface area (Å²) in [4.78, 5) is 15.3. The van der Waals surface area contributed by atoms with Gasteiger partial charge in [0.15, 0.2) is 0 Å². The summed E-state index contributed by atoms with van der Waals surface area (Å²) in [6.07, 6.45) is 13.8. The van der Waals surface area contributed by atoms with Crippen LogP contribution >= 0.6 is 0 Å². The number of carbonyl (C=O) groups excluding carboxylic acids is 1. The maximum Gasteiger partial charge on any atom is 0.292 e. The minimum atomic E-state index is -1.21. The number of unbranched alkanes of at least 4 members (excludes halogenated alkanes) is 9. The Morgan fingerprint density at radius 1 is 0.862 bits per heavy atom. The van der Waals surface area contributed by atoms with Crippen molar-refractivity contribution in [2.45, 2.75) is 97.2 Å². The standard InChI is InChI=1S/C25H39NO3/c1-4-5-6-7-8-9-10-11-12-13-17-26-23-21(3)16-15-20(2)22(23)25(24(26)27)28-18-14-19-29-25/h15-16H,4-14,17-19H2,1-3H3. The van der Waals surface area contributed by atoms with Crippen LogP contribution in [0, 0.1) is 13.8 Å². The fraction of sp³-hybridized carbons (Fsp3) is 0.720. The maximum atomic E-state index is 13.4. The van der Waals surface area contributed by atoms with Crippen molar-refractivity contribution >= 4 is 11.6 Å². The van der Waals surface area contributed by atoms with E-state index in [1.54, 1.807) is 0 Å². The first kappa shape index (κ1) is 22.3. The molecule has 0 aliphatic carbocycles. The second-order valence-corrected chi connectivity index (χ2v) is 8.73. The van der Waals surface area contributed by atoms with Crippen LogP contribution < -0.4 is 4.90 Å². The molecule has 1 spiro atoms. The number of amides is 1. The normalized spacial score (nSPS) is 17.9. The highest BCUT2D eigenvalue weighted by Gasteiger charge is 2.55. The largest absolute Gasteiger partial charge is 0.338 e. The molecule has 0 aromatic heterocycles. The van der Waals surface area contributed by atoms with Gasteiger partial charge < -0.3 is 14.4 Å². The summed E-state index contributed by atoms with van der Waals surface area (Å²) in [5.41, 5.74) is 4.16. The third-order valence-corrected chi connectivity index (χ3v) is 6.35. The predicted octanol–water partition coefficient (Wildman–Crippen LogP) is 6.16. The number of ether oxygens (including phenoxy) is 2. The number of rotatable bonds is 11. The Balaban J connectivity index is 1.54. The fourth-order valence-electron chi connectivity index (χ4n) is 4.72. The molecular formula is C25H39NO3. The highest BCUT2D eigenvalue weighted by atomic mass is 16.7. The average Bonchev–Trinajstić information content (AvgIpc) is 2.96. The van der Waals surface area contributed by atoms with Gasteiger partial charge in [0, 0.05) is 12.1 Å². The molecule has 29 heavy (non-hydrogen) atoms. The second kappa shape index (κ2) is 10.6. The fourth-order valence-corrected chi connectivity index (χ4v) is 4.72. The van der Waals surface area contributed by atoms with Crippen molar-refractivity contribution in [2.75, 3.05) is 24.7 Å². The molecule has 0 N–H and O–H groups in total. The first-order valence-corrected chi connectivity index (χ1v) is 11.8. The first-order chi connectivity index (χ1) is 14.1. The Bertz CT molecular complexity index is 679. The second-order valence-electron chi connectivity index (χ2n) is 8.73. The van der Waals surface area contributed by atoms with E-state index in [4.69, 9.17) is 9.47 Å². The van der Waals surface area contributed by atoms with Crippen molar-refractivity contribution in [1.82, 2.24) is 0 Å². The lowest BCUT2D eigenvalue weighted by Crippen LogP contribution is -2.47. The lowest BCUT2D eigenvalue weighted by molar-refractivity contribution is -0.257. The minimum absolute atomic E-state index is 0.0273. The van der Waals surface area contributed by atoms with E-state index in [9.17, 15) is 4.79 Å². The molecular weight excluding hydrogens is 362 g/mol. The van der Waals surface area contributed by atoms with E-state index < -0.39 is 5.79 Å². The van der Waals surface area contributed by atoms with Gasteiger partial charge in [0.2, 0.25) is 0 Å². The third kappa shape index (κ3) is 4.86. The van der Waals surface area contributed by atoms with Crippen LogP contribution in [0.25, 0.3) is 0 Å². The summed E-state index contributed by atoms with van der Waals surface area (Å²) in [7, 11) is 0. The molecule has 3 rings (SSSR count). The van der Waals surface area contributed by atoms with E-state index in [0.29, 0.717) is 13.2 Å². The van der Waals surface area contributed by atoms with Gasteiger partial charge in [0.1, 0.15) is 0 Å². The van der Waals surface area contributed by atoms with Gasteiger partial charge in [-0.25, -0.2) is 0 Å². The van der Waals surface area contributed by atoms with Crippen molar-refractivity contribution in [1.29, 1.82) is 0 Å². The van der Waals surface area contributed by atoms with Gasteiger partial charge in [-0.3, -0.25) is 4.79 Å². The number of hydrogen-bond donors (Lipinski definition) is 0. The Kier molecular flexibility index (Phi) is 8.14. The Morgan fingerprint density at radius 2 is 1.41 bits per heavy atom. The van der Waals surface area contributed by atoms with Gasteiger partial charge in [-0.15, -0.1) is 0 Å². The summed E-state index contributed by atoms with van der Waals surface area (Å²) >= 11 is 0. The van der Waals surface area contributed by atoms with Gasteiger partial charge in [-0.05, 0) is 37.8 Å². The Morgan fingerprint density at radius 3 is 2.03 bits per heavy atom. The zero-order valence-electron chi connectivity index (χ0n) is 18.7. The van der Waals surface area contributed by atoms with Crippen molar-refractivity contribution in [3.8, 4) is 0 Å². The number of aryl methyl sites for hydroxylation is 2. The van der Waals surface area contributed by atoms with E-state index >= 15 is 0 Å². The van der Waals surface area contributed by atoms with Crippen molar-refractivity contribution in [3.05, 3.63) is 28.8 Å². The third-order valence-electron chi connectivity index (χ3n) is 6.35. The minimum Gasteiger partial charge on any atom is -0.338 e. The quantitative estimate of drug-likeness (QED) is 0.417. The smallest absolute Gasteiger partial charge is 0.292 e. The van der Waals surface area contributed by atoms with E-state index in [0.717, 1.165) is 41.8 Å². The summed E-state index contributed by atoms with van der Waals surface area (Å²) in [5, 5.41) is 0. The topological polar surface area (TPSA) is 38.8 Å². The van der Waals surface area contributed by atoms with Crippen LogP contribution in [-0.4, -0.2) is 25.7 Å². The molecule has 1 saturated heterocycles. The average molecular weight is 402 g/mol. The van der Waals surface area contributed by atoms with Gasteiger partial charge in [-0.2, -0.15) is 0 Å². The molecule has 0 bridgehead atoms. The molecule has 2 heterocycles. The summed E-state index contributed by atoms with van der Waals surface area (Å²) in [6, 6.07) is 4.18. The lowest BCUT2D eigenvalue weighted by atomic mass is 9.97. The zero-order valence-corrected chi connectivity index (χ0v) is 18.7. The summed E-state index contributed by atoms with van der Waals surface area (Å²) in [5.74, 6) is -1.23. The van der Waals surface area contributed by atoms with Crippen LogP contribution in [0.5, 0.6) is 0 Å². The van der Waals surface area contributed by atoms with Gasteiger partial charge in [-0.1, -0.05) is 76.8 Å². The lowest BCUT2D eigenvalue weighted by Gasteiger charge is -2.33. The summed E-state index contributed by atoms with van der Waals surface area (Å²) < 4.78 is 12.0. The van der Waals surface area contributed by atoms with Gasteiger partial charge >= 0.3 is 0 Å². The Labute approximate surface area is 177 Å². The van der Waals surface area contributed by atoms with Crippen LogP contribution in [0.2, 0.25) is 0 Å². The SMILES string of the molecule is CCCCCCCCCCCCN1C(=O)C2(OCCCO2)c2c(C)ccc(C)c21. The molecule has 2 aliphatic rings. The molecule has 0 unspecified atom stereocenters. The predicted molar refractivity (Wildman–Crippen MR) is 118 cm³/mol. The van der Waals surface area contributed by atoms with E-state index in [2.05, 4.69) is 32.9 Å². The number of benzene rings is 1. The molecule has 0 atom stereocenters. The van der Waals surface area contributed by atoms with E-state index in [1.165, 1.54) is 57.8 Å². The maximum absolute atomic E-state index is 13.4. The van der Waals surface area contributed by atoms with Gasteiger partial charge in [0.25, 0.3) is 11.7 Å². The Hall–Kier alpha value is -1.39. The van der Waals surface area contributed by atoms with Crippen LogP contribution in [-0.2, 0) is 20.1 Å². The molecule has 4 nitrogen and oxygen atoms in total. The highest BCUT2D eigenvalue weighted by molar-refractivity contribution is 6.07. The molecule has 1 aromatic rings. The van der Waals surface area contributed by atoms with Crippen LogP contribution in [0.4, 0.5) is 5.69 Å². The molecule has 2 aliphatic heterocycles. The van der Waals surface area contributed by atoms with Crippen LogP contribution in [0.1, 0.15) is 94.2 Å². The first-order valence-electron chi connectivity index (χ1n) is 11.8. The van der Waals surface area contributed by atoms with Crippen LogP contribution in [0.15, 0.2) is 12.1 Å². The monoisotopic (exact) mass is 401 g/mol. The number of fused-ring (bicyclic) bond motifs is 2. The van der Waals surface area contributed by atoms with Gasteiger partial charge in [0.05, 0.1) is 18.9 Å². The van der Waals surface area contributed by atoms with Crippen molar-refractivity contribution < 1.29 is 14.3 Å². The number of carbonyl (C=O) groups is 1. The number of nitrogens with zero attached hydrogens (tertiary/aromatic N) is 1. The van der Waals surface area contributed by atoms with Crippen molar-refractivity contribution in [2.24, 2.45) is 0 Å². The molecule has 4 heteroatoms.